The molecule has 0 bridgehead atoms. The van der Waals surface area contributed by atoms with Gasteiger partial charge in [0, 0.05) is 17.8 Å². The van der Waals surface area contributed by atoms with Crippen molar-refractivity contribution in [2.75, 3.05) is 0 Å². The van der Waals surface area contributed by atoms with Crippen molar-refractivity contribution < 1.29 is 24.2 Å². The predicted octanol–water partition coefficient (Wildman–Crippen LogP) is 1.65. The number of carbonyl (C=O) groups excluding carboxylic acids is 3. The van der Waals surface area contributed by atoms with Crippen LogP contribution in [0.4, 0.5) is 0 Å². The number of pyridine rings is 1. The molecule has 9 nitrogen and oxygen atoms in total. The van der Waals surface area contributed by atoms with Crippen molar-refractivity contribution in [3.63, 3.8) is 0 Å². The van der Waals surface area contributed by atoms with E-state index in [1.165, 1.54) is 25.3 Å². The van der Waals surface area contributed by atoms with E-state index in [0.29, 0.717) is 0 Å². The largest absolute Gasteiger partial charge is 0.505 e. The molecule has 9 heteroatoms. The third-order valence-electron chi connectivity index (χ3n) is 4.27. The fraction of sp³-hybridized carbons (Fsp3) is 0.550. The zero-order chi connectivity index (χ0) is 22.3. The van der Waals surface area contributed by atoms with Crippen molar-refractivity contribution in [3.8, 4) is 5.75 Å². The molecule has 0 aliphatic rings. The molecule has 29 heavy (non-hydrogen) atoms. The summed E-state index contributed by atoms with van der Waals surface area (Å²) < 4.78 is 5.45. The monoisotopic (exact) mass is 406 g/mol. The average Bonchev–Trinajstić information content (AvgIpc) is 2.62. The molecule has 0 spiro atoms. The van der Waals surface area contributed by atoms with Gasteiger partial charge in [-0.3, -0.25) is 9.59 Å². The van der Waals surface area contributed by atoms with Gasteiger partial charge in [0.25, 0.3) is 5.91 Å². The molecule has 1 heterocycles. The zero-order valence-corrected chi connectivity index (χ0v) is 17.6. The standard InChI is InChI=1S/C20H30N4O5/c1-10(2)15(23-18(26)11(3)4)20(28)29-13(6)16(12(5)21)24-19(27)17-14(25)8-7-9-22-17/h7-11,13,15-16,21,25H,1-6H3,(H,23,26)(H,24,27). The fourth-order valence-corrected chi connectivity index (χ4v) is 2.50. The fourth-order valence-electron chi connectivity index (χ4n) is 2.50. The summed E-state index contributed by atoms with van der Waals surface area (Å²) in [6.45, 7) is 10.0. The third-order valence-corrected chi connectivity index (χ3v) is 4.27. The molecule has 1 aromatic heterocycles. The van der Waals surface area contributed by atoms with Gasteiger partial charge in [0.2, 0.25) is 5.91 Å². The van der Waals surface area contributed by atoms with Gasteiger partial charge < -0.3 is 25.9 Å². The van der Waals surface area contributed by atoms with Crippen molar-refractivity contribution in [1.29, 1.82) is 5.41 Å². The van der Waals surface area contributed by atoms with Crippen LogP contribution >= 0.6 is 0 Å². The smallest absolute Gasteiger partial charge is 0.329 e. The molecular weight excluding hydrogens is 376 g/mol. The SMILES string of the molecule is CC(=N)C(NC(=O)c1ncccc1O)C(C)OC(=O)C(NC(=O)C(C)C)C(C)C. The second-order valence-corrected chi connectivity index (χ2v) is 7.53. The summed E-state index contributed by atoms with van der Waals surface area (Å²) in [7, 11) is 0. The molecule has 3 unspecified atom stereocenters. The Labute approximate surface area is 170 Å². The number of nitrogens with one attached hydrogen (secondary N) is 3. The minimum absolute atomic E-state index is 0.0568. The first-order valence-corrected chi connectivity index (χ1v) is 9.46. The molecule has 0 saturated carbocycles. The number of rotatable bonds is 9. The van der Waals surface area contributed by atoms with Crippen LogP contribution in [-0.4, -0.2) is 51.8 Å². The molecule has 1 aromatic rings. The summed E-state index contributed by atoms with van der Waals surface area (Å²) in [5.74, 6) is -2.42. The highest BCUT2D eigenvalue weighted by molar-refractivity contribution is 5.98. The van der Waals surface area contributed by atoms with E-state index in [9.17, 15) is 19.5 Å². The van der Waals surface area contributed by atoms with Crippen LogP contribution in [0.1, 0.15) is 52.0 Å². The minimum atomic E-state index is -0.929. The van der Waals surface area contributed by atoms with Crippen molar-refractivity contribution in [3.05, 3.63) is 24.0 Å². The van der Waals surface area contributed by atoms with Crippen molar-refractivity contribution in [2.45, 2.75) is 59.7 Å². The van der Waals surface area contributed by atoms with E-state index in [1.54, 1.807) is 34.6 Å². The summed E-state index contributed by atoms with van der Waals surface area (Å²) in [4.78, 5) is 40.8. The molecule has 2 amide bonds. The van der Waals surface area contributed by atoms with Gasteiger partial charge in [-0.15, -0.1) is 0 Å². The quantitative estimate of drug-likeness (QED) is 0.363. The number of ether oxygens (including phenoxy) is 1. The van der Waals surface area contributed by atoms with Gasteiger partial charge in [-0.2, -0.15) is 0 Å². The van der Waals surface area contributed by atoms with E-state index in [0.717, 1.165) is 0 Å². The molecule has 0 fully saturated rings. The molecule has 1 rings (SSSR count). The number of aromatic hydroxyl groups is 1. The first-order chi connectivity index (χ1) is 13.5. The maximum absolute atomic E-state index is 12.6. The first-order valence-electron chi connectivity index (χ1n) is 9.46. The van der Waals surface area contributed by atoms with E-state index in [1.807, 2.05) is 0 Å². The van der Waals surface area contributed by atoms with Crippen LogP contribution in [0.25, 0.3) is 0 Å². The van der Waals surface area contributed by atoms with Gasteiger partial charge in [0.1, 0.15) is 23.9 Å². The van der Waals surface area contributed by atoms with Crippen molar-refractivity contribution >= 4 is 23.5 Å². The lowest BCUT2D eigenvalue weighted by Crippen LogP contribution is -2.52. The topological polar surface area (TPSA) is 141 Å². The Morgan fingerprint density at radius 1 is 1.10 bits per heavy atom. The summed E-state index contributed by atoms with van der Waals surface area (Å²) in [6.07, 6.45) is 0.474. The highest BCUT2D eigenvalue weighted by Crippen LogP contribution is 2.14. The summed E-state index contributed by atoms with van der Waals surface area (Å²) >= 11 is 0. The van der Waals surface area contributed by atoms with E-state index in [4.69, 9.17) is 10.1 Å². The Morgan fingerprint density at radius 2 is 1.72 bits per heavy atom. The third kappa shape index (κ3) is 6.85. The molecular formula is C20H30N4O5. The second-order valence-electron chi connectivity index (χ2n) is 7.53. The Morgan fingerprint density at radius 3 is 2.21 bits per heavy atom. The molecule has 0 saturated heterocycles. The van der Waals surface area contributed by atoms with Gasteiger partial charge in [-0.1, -0.05) is 27.7 Å². The van der Waals surface area contributed by atoms with Crippen LogP contribution in [0, 0.1) is 17.2 Å². The number of hydrogen-bond acceptors (Lipinski definition) is 7. The Balaban J connectivity index is 2.90. The number of carbonyl (C=O) groups is 3. The van der Waals surface area contributed by atoms with Crippen LogP contribution in [0.3, 0.4) is 0 Å². The van der Waals surface area contributed by atoms with E-state index >= 15 is 0 Å². The number of aromatic nitrogens is 1. The molecule has 0 radical (unpaired) electrons. The zero-order valence-electron chi connectivity index (χ0n) is 17.6. The predicted molar refractivity (Wildman–Crippen MR) is 108 cm³/mol. The molecule has 3 atom stereocenters. The number of esters is 1. The first kappa shape index (κ1) is 24.1. The number of hydrogen-bond donors (Lipinski definition) is 4. The second kappa shape index (κ2) is 10.5. The summed E-state index contributed by atoms with van der Waals surface area (Å²) in [5, 5.41) is 22.9. The van der Waals surface area contributed by atoms with E-state index in [2.05, 4.69) is 15.6 Å². The molecule has 0 aliphatic heterocycles. The summed E-state index contributed by atoms with van der Waals surface area (Å²) in [6, 6.07) is 1.02. The van der Waals surface area contributed by atoms with Crippen LogP contribution in [0.15, 0.2) is 18.3 Å². The summed E-state index contributed by atoms with van der Waals surface area (Å²) in [5.41, 5.74) is -0.136. The van der Waals surface area contributed by atoms with Crippen molar-refractivity contribution in [2.24, 2.45) is 11.8 Å². The van der Waals surface area contributed by atoms with Crippen LogP contribution in [-0.2, 0) is 14.3 Å². The van der Waals surface area contributed by atoms with Gasteiger partial charge in [-0.25, -0.2) is 9.78 Å². The number of amides is 2. The highest BCUT2D eigenvalue weighted by atomic mass is 16.5. The van der Waals surface area contributed by atoms with Crippen molar-refractivity contribution in [1.82, 2.24) is 15.6 Å². The average molecular weight is 406 g/mol. The van der Waals surface area contributed by atoms with E-state index < -0.39 is 30.1 Å². The highest BCUT2D eigenvalue weighted by Gasteiger charge is 2.32. The Bertz CT molecular complexity index is 763. The van der Waals surface area contributed by atoms with Gasteiger partial charge >= 0.3 is 5.97 Å². The molecule has 4 N–H and O–H groups in total. The molecule has 0 aromatic carbocycles. The Hall–Kier alpha value is -2.97. The van der Waals surface area contributed by atoms with Gasteiger partial charge in [0.15, 0.2) is 5.69 Å². The molecule has 0 aliphatic carbocycles. The number of nitrogens with zero attached hydrogens (tertiary/aromatic N) is 1. The van der Waals surface area contributed by atoms with Gasteiger partial charge in [-0.05, 0) is 31.9 Å². The van der Waals surface area contributed by atoms with Crippen LogP contribution < -0.4 is 10.6 Å². The lowest BCUT2D eigenvalue weighted by Gasteiger charge is -2.28. The minimum Gasteiger partial charge on any atom is -0.505 e. The van der Waals surface area contributed by atoms with E-state index in [-0.39, 0.29) is 34.9 Å². The van der Waals surface area contributed by atoms with Gasteiger partial charge in [0.05, 0.1) is 0 Å². The molecule has 160 valence electrons. The Kier molecular flexibility index (Phi) is 8.75. The maximum Gasteiger partial charge on any atom is 0.329 e. The normalized spacial score (nSPS) is 14.1. The maximum atomic E-state index is 12.6. The van der Waals surface area contributed by atoms with Crippen LogP contribution in [0.5, 0.6) is 5.75 Å². The van der Waals surface area contributed by atoms with Crippen LogP contribution in [0.2, 0.25) is 0 Å². The lowest BCUT2D eigenvalue weighted by molar-refractivity contribution is -0.154. The lowest BCUT2D eigenvalue weighted by atomic mass is 10.0.